The van der Waals surface area contributed by atoms with Gasteiger partial charge in [0.25, 0.3) is 0 Å². The lowest BCUT2D eigenvalue weighted by atomic mass is 10.1. The highest BCUT2D eigenvalue weighted by atomic mass is 15.1. The van der Waals surface area contributed by atoms with Crippen LogP contribution in [0.5, 0.6) is 0 Å². The van der Waals surface area contributed by atoms with Crippen LogP contribution in [0.3, 0.4) is 0 Å². The molecule has 0 saturated heterocycles. The summed E-state index contributed by atoms with van der Waals surface area (Å²) in [4.78, 5) is 4.70. The number of benzene rings is 2. The summed E-state index contributed by atoms with van der Waals surface area (Å²) in [5, 5.41) is 13.8. The highest BCUT2D eigenvalue weighted by Crippen LogP contribution is 2.35. The molecule has 0 aliphatic carbocycles. The Hall–Kier alpha value is -2.86. The van der Waals surface area contributed by atoms with Crippen molar-refractivity contribution in [2.24, 2.45) is 0 Å². The molecule has 2 aromatic carbocycles. The standard InChI is InChI=1S/C19H15N3/c1-12(2)22-17-8-7-13(10-20)9-16(17)18-15-6-4-3-5-14(15)11-21-19(18)22/h3-9,11-12H,1-2H3. The van der Waals surface area contributed by atoms with Gasteiger partial charge in [-0.05, 0) is 37.4 Å². The lowest BCUT2D eigenvalue weighted by Gasteiger charge is -2.10. The maximum atomic E-state index is 9.23. The summed E-state index contributed by atoms with van der Waals surface area (Å²) < 4.78 is 2.25. The minimum atomic E-state index is 0.307. The minimum absolute atomic E-state index is 0.307. The highest BCUT2D eigenvalue weighted by molar-refractivity contribution is 6.19. The van der Waals surface area contributed by atoms with Gasteiger partial charge in [0, 0.05) is 28.4 Å². The van der Waals surface area contributed by atoms with Crippen molar-refractivity contribution >= 4 is 32.7 Å². The monoisotopic (exact) mass is 285 g/mol. The average Bonchev–Trinajstić information content (AvgIpc) is 2.88. The Morgan fingerprint density at radius 2 is 1.91 bits per heavy atom. The van der Waals surface area contributed by atoms with Gasteiger partial charge in [0.1, 0.15) is 5.65 Å². The molecule has 0 aliphatic heterocycles. The summed E-state index contributed by atoms with van der Waals surface area (Å²) in [6.07, 6.45) is 1.93. The third-order valence-corrected chi connectivity index (χ3v) is 4.18. The molecule has 3 nitrogen and oxygen atoms in total. The number of rotatable bonds is 1. The Balaban J connectivity index is 2.33. The van der Waals surface area contributed by atoms with Gasteiger partial charge in [-0.3, -0.25) is 0 Å². The summed E-state index contributed by atoms with van der Waals surface area (Å²) in [5.41, 5.74) is 2.80. The summed E-state index contributed by atoms with van der Waals surface area (Å²) in [6, 6.07) is 16.7. The molecule has 0 spiro atoms. The van der Waals surface area contributed by atoms with Gasteiger partial charge in [0.2, 0.25) is 0 Å². The van der Waals surface area contributed by atoms with E-state index in [1.807, 2.05) is 30.5 Å². The van der Waals surface area contributed by atoms with Crippen LogP contribution < -0.4 is 0 Å². The molecule has 0 radical (unpaired) electrons. The van der Waals surface area contributed by atoms with Crippen LogP contribution in [-0.2, 0) is 0 Å². The zero-order valence-electron chi connectivity index (χ0n) is 12.5. The molecule has 3 heteroatoms. The van der Waals surface area contributed by atoms with Crippen molar-refractivity contribution in [3.8, 4) is 6.07 Å². The molecular weight excluding hydrogens is 270 g/mol. The van der Waals surface area contributed by atoms with Gasteiger partial charge in [-0.2, -0.15) is 5.26 Å². The number of fused-ring (bicyclic) bond motifs is 5. The second-order valence-corrected chi connectivity index (χ2v) is 5.85. The first-order valence-corrected chi connectivity index (χ1v) is 7.42. The molecule has 0 bridgehead atoms. The Morgan fingerprint density at radius 1 is 1.09 bits per heavy atom. The number of nitriles is 1. The Morgan fingerprint density at radius 3 is 2.68 bits per heavy atom. The van der Waals surface area contributed by atoms with E-state index in [1.165, 1.54) is 5.39 Å². The van der Waals surface area contributed by atoms with E-state index in [9.17, 15) is 5.26 Å². The second kappa shape index (κ2) is 4.57. The third kappa shape index (κ3) is 1.64. The molecule has 0 aliphatic rings. The maximum Gasteiger partial charge on any atom is 0.141 e. The molecule has 0 N–H and O–H groups in total. The summed E-state index contributed by atoms with van der Waals surface area (Å²) in [6.45, 7) is 4.32. The van der Waals surface area contributed by atoms with Crippen LogP contribution in [0.4, 0.5) is 0 Å². The second-order valence-electron chi connectivity index (χ2n) is 5.85. The van der Waals surface area contributed by atoms with Crippen LogP contribution in [0.15, 0.2) is 48.7 Å². The Bertz CT molecular complexity index is 1060. The van der Waals surface area contributed by atoms with E-state index in [2.05, 4.69) is 42.7 Å². The van der Waals surface area contributed by atoms with E-state index >= 15 is 0 Å². The molecule has 0 fully saturated rings. The molecular formula is C19H15N3. The van der Waals surface area contributed by atoms with Gasteiger partial charge in [-0.15, -0.1) is 0 Å². The van der Waals surface area contributed by atoms with Gasteiger partial charge in [0.15, 0.2) is 0 Å². The zero-order valence-corrected chi connectivity index (χ0v) is 12.5. The van der Waals surface area contributed by atoms with Crippen LogP contribution in [0.2, 0.25) is 0 Å². The maximum absolute atomic E-state index is 9.23. The summed E-state index contributed by atoms with van der Waals surface area (Å²) >= 11 is 0. The normalized spacial score (nSPS) is 11.5. The van der Waals surface area contributed by atoms with Gasteiger partial charge >= 0.3 is 0 Å². The first-order valence-electron chi connectivity index (χ1n) is 7.42. The number of pyridine rings is 1. The van der Waals surface area contributed by atoms with E-state index in [0.717, 1.165) is 27.3 Å². The van der Waals surface area contributed by atoms with Crippen molar-refractivity contribution in [1.82, 2.24) is 9.55 Å². The van der Waals surface area contributed by atoms with Crippen LogP contribution in [0, 0.1) is 11.3 Å². The first kappa shape index (κ1) is 12.8. The van der Waals surface area contributed by atoms with E-state index in [-0.39, 0.29) is 0 Å². The lowest BCUT2D eigenvalue weighted by Crippen LogP contribution is -2.01. The van der Waals surface area contributed by atoms with Crippen molar-refractivity contribution < 1.29 is 0 Å². The summed E-state index contributed by atoms with van der Waals surface area (Å²) in [7, 11) is 0. The van der Waals surface area contributed by atoms with Gasteiger partial charge in [-0.1, -0.05) is 24.3 Å². The molecule has 22 heavy (non-hydrogen) atoms. The van der Waals surface area contributed by atoms with Crippen molar-refractivity contribution in [2.75, 3.05) is 0 Å². The largest absolute Gasteiger partial charge is 0.323 e. The SMILES string of the molecule is CC(C)n1c2ccc(C#N)cc2c2c3ccccc3cnc21. The van der Waals surface area contributed by atoms with E-state index < -0.39 is 0 Å². The number of nitrogens with zero attached hydrogens (tertiary/aromatic N) is 3. The van der Waals surface area contributed by atoms with Crippen LogP contribution in [-0.4, -0.2) is 9.55 Å². The number of hydrogen-bond donors (Lipinski definition) is 0. The van der Waals surface area contributed by atoms with Gasteiger partial charge in [-0.25, -0.2) is 4.98 Å². The highest BCUT2D eigenvalue weighted by Gasteiger charge is 2.16. The predicted molar refractivity (Wildman–Crippen MR) is 89.8 cm³/mol. The molecule has 0 unspecified atom stereocenters. The van der Waals surface area contributed by atoms with E-state index in [0.29, 0.717) is 11.6 Å². The van der Waals surface area contributed by atoms with E-state index in [1.54, 1.807) is 0 Å². The predicted octanol–water partition coefficient (Wildman–Crippen LogP) is 4.80. The number of hydrogen-bond acceptors (Lipinski definition) is 2. The molecule has 0 saturated carbocycles. The van der Waals surface area contributed by atoms with Crippen LogP contribution in [0.1, 0.15) is 25.5 Å². The fourth-order valence-corrected chi connectivity index (χ4v) is 3.25. The lowest BCUT2D eigenvalue weighted by molar-refractivity contribution is 0.637. The summed E-state index contributed by atoms with van der Waals surface area (Å²) in [5.74, 6) is 0. The smallest absolute Gasteiger partial charge is 0.141 e. The van der Waals surface area contributed by atoms with Gasteiger partial charge < -0.3 is 4.57 Å². The molecule has 4 aromatic rings. The topological polar surface area (TPSA) is 41.6 Å². The van der Waals surface area contributed by atoms with E-state index in [4.69, 9.17) is 4.98 Å². The molecule has 106 valence electrons. The minimum Gasteiger partial charge on any atom is -0.323 e. The Kier molecular flexibility index (Phi) is 2.67. The van der Waals surface area contributed by atoms with Crippen molar-refractivity contribution in [1.29, 1.82) is 5.26 Å². The molecule has 4 rings (SSSR count). The molecule has 0 atom stereocenters. The molecule has 2 heterocycles. The molecule has 2 aromatic heterocycles. The fraction of sp³-hybridized carbons (Fsp3) is 0.158. The Labute approximate surface area is 128 Å². The zero-order chi connectivity index (χ0) is 15.3. The fourth-order valence-electron chi connectivity index (χ4n) is 3.25. The van der Waals surface area contributed by atoms with Crippen molar-refractivity contribution in [2.45, 2.75) is 19.9 Å². The van der Waals surface area contributed by atoms with Gasteiger partial charge in [0.05, 0.1) is 17.1 Å². The average molecular weight is 285 g/mol. The van der Waals surface area contributed by atoms with Crippen LogP contribution >= 0.6 is 0 Å². The van der Waals surface area contributed by atoms with Crippen molar-refractivity contribution in [3.05, 3.63) is 54.2 Å². The molecule has 0 amide bonds. The quantitative estimate of drug-likeness (QED) is 0.504. The first-order chi connectivity index (χ1) is 10.7. The van der Waals surface area contributed by atoms with Crippen LogP contribution in [0.25, 0.3) is 32.7 Å². The van der Waals surface area contributed by atoms with Crippen molar-refractivity contribution in [3.63, 3.8) is 0 Å². The third-order valence-electron chi connectivity index (χ3n) is 4.18. The number of aromatic nitrogens is 2.